The molecule has 1 saturated carbocycles. The zero-order valence-corrected chi connectivity index (χ0v) is 12.1. The Morgan fingerprint density at radius 3 is 2.84 bits per heavy atom. The lowest BCUT2D eigenvalue weighted by Crippen LogP contribution is -2.41. The molecule has 0 aliphatic heterocycles. The first-order valence-electron chi connectivity index (χ1n) is 6.70. The lowest BCUT2D eigenvalue weighted by Gasteiger charge is -2.35. The first-order chi connectivity index (χ1) is 9.17. The number of nitrogens with two attached hydrogens (primary N) is 1. The van der Waals surface area contributed by atoms with Crippen molar-refractivity contribution in [3.63, 3.8) is 0 Å². The summed E-state index contributed by atoms with van der Waals surface area (Å²) in [6.07, 6.45) is 11.4. The van der Waals surface area contributed by atoms with Crippen LogP contribution in [0.5, 0.6) is 0 Å². The van der Waals surface area contributed by atoms with Gasteiger partial charge in [0.25, 0.3) is 5.91 Å². The van der Waals surface area contributed by atoms with Crippen molar-refractivity contribution in [3.05, 3.63) is 24.0 Å². The maximum absolute atomic E-state index is 12.1. The van der Waals surface area contributed by atoms with Crippen LogP contribution in [-0.2, 0) is 0 Å². The quantitative estimate of drug-likeness (QED) is 0.888. The normalized spacial score (nSPS) is 17.9. The molecule has 0 atom stereocenters. The van der Waals surface area contributed by atoms with Crippen LogP contribution >= 0.6 is 11.8 Å². The van der Waals surface area contributed by atoms with Gasteiger partial charge >= 0.3 is 0 Å². The maximum Gasteiger partial charge on any atom is 0.253 e. The molecule has 1 aliphatic carbocycles. The number of thioether (sulfide) groups is 1. The number of hydrogen-bond acceptors (Lipinski definition) is 4. The zero-order valence-electron chi connectivity index (χ0n) is 11.3. The van der Waals surface area contributed by atoms with E-state index in [1.165, 1.54) is 38.3 Å². The van der Waals surface area contributed by atoms with Crippen LogP contribution in [0.1, 0.15) is 42.5 Å². The van der Waals surface area contributed by atoms with Crippen LogP contribution in [0.15, 0.2) is 18.5 Å². The summed E-state index contributed by atoms with van der Waals surface area (Å²) in [5.74, 6) is -0.0982. The van der Waals surface area contributed by atoms with Crippen LogP contribution in [0, 0.1) is 0 Å². The first kappa shape index (κ1) is 14.2. The van der Waals surface area contributed by atoms with E-state index in [1.807, 2.05) is 11.8 Å². The second-order valence-corrected chi connectivity index (χ2v) is 6.37. The molecule has 3 N–H and O–H groups in total. The molecule has 1 aromatic heterocycles. The van der Waals surface area contributed by atoms with Gasteiger partial charge in [-0.3, -0.25) is 9.78 Å². The van der Waals surface area contributed by atoms with Gasteiger partial charge in [0, 0.05) is 17.5 Å². The van der Waals surface area contributed by atoms with Crippen LogP contribution in [0.25, 0.3) is 0 Å². The monoisotopic (exact) mass is 279 g/mol. The molecule has 0 saturated heterocycles. The van der Waals surface area contributed by atoms with E-state index >= 15 is 0 Å². The van der Waals surface area contributed by atoms with Gasteiger partial charge in [-0.25, -0.2) is 0 Å². The van der Waals surface area contributed by atoms with E-state index in [2.05, 4.69) is 16.6 Å². The lowest BCUT2D eigenvalue weighted by molar-refractivity contribution is 0.0947. The summed E-state index contributed by atoms with van der Waals surface area (Å²) >= 11 is 1.88. The molecule has 0 spiro atoms. The number of nitrogens with zero attached hydrogens (tertiary/aromatic N) is 1. The number of hydrogen-bond donors (Lipinski definition) is 2. The molecule has 1 aliphatic rings. The third kappa shape index (κ3) is 3.41. The molecule has 104 valence electrons. The second-order valence-electron chi connectivity index (χ2n) is 5.09. The molecule has 0 radical (unpaired) electrons. The largest absolute Gasteiger partial charge is 0.397 e. The van der Waals surface area contributed by atoms with Crippen molar-refractivity contribution < 1.29 is 4.79 Å². The fraction of sp³-hybridized carbons (Fsp3) is 0.571. The van der Waals surface area contributed by atoms with Crippen LogP contribution < -0.4 is 11.1 Å². The fourth-order valence-electron chi connectivity index (χ4n) is 2.60. The number of nitrogen functional groups attached to an aromatic ring is 1. The van der Waals surface area contributed by atoms with E-state index in [1.54, 1.807) is 12.3 Å². The van der Waals surface area contributed by atoms with Crippen LogP contribution in [0.2, 0.25) is 0 Å². The van der Waals surface area contributed by atoms with Gasteiger partial charge in [0.15, 0.2) is 0 Å². The molecule has 1 fully saturated rings. The van der Waals surface area contributed by atoms with Crippen molar-refractivity contribution in [1.29, 1.82) is 0 Å². The predicted octanol–water partition coefficient (Wildman–Crippen LogP) is 2.46. The smallest absolute Gasteiger partial charge is 0.253 e. The molecule has 19 heavy (non-hydrogen) atoms. The molecular weight excluding hydrogens is 258 g/mol. The minimum atomic E-state index is -0.0982. The van der Waals surface area contributed by atoms with E-state index in [0.717, 1.165) is 6.54 Å². The highest BCUT2D eigenvalue weighted by molar-refractivity contribution is 8.00. The number of aromatic nitrogens is 1. The van der Waals surface area contributed by atoms with Crippen molar-refractivity contribution >= 4 is 23.4 Å². The van der Waals surface area contributed by atoms with E-state index in [0.29, 0.717) is 11.3 Å². The Bertz CT molecular complexity index is 444. The number of rotatable bonds is 4. The summed E-state index contributed by atoms with van der Waals surface area (Å²) in [4.78, 5) is 16.0. The average molecular weight is 279 g/mol. The third-order valence-electron chi connectivity index (χ3n) is 3.87. The molecule has 5 heteroatoms. The Morgan fingerprint density at radius 2 is 2.21 bits per heavy atom. The summed E-state index contributed by atoms with van der Waals surface area (Å²) in [7, 11) is 0. The molecule has 0 bridgehead atoms. The summed E-state index contributed by atoms with van der Waals surface area (Å²) in [6.45, 7) is 0.717. The van der Waals surface area contributed by atoms with Gasteiger partial charge in [-0.05, 0) is 25.2 Å². The number of pyridine rings is 1. The Balaban J connectivity index is 1.98. The summed E-state index contributed by atoms with van der Waals surface area (Å²) in [5.41, 5.74) is 6.72. The third-order valence-corrected chi connectivity index (χ3v) is 5.28. The van der Waals surface area contributed by atoms with Crippen molar-refractivity contribution in [1.82, 2.24) is 10.3 Å². The summed E-state index contributed by atoms with van der Waals surface area (Å²) in [5, 5.41) is 3.03. The Hall–Kier alpha value is -1.23. The Morgan fingerprint density at radius 1 is 1.47 bits per heavy atom. The molecule has 1 aromatic rings. The number of carbonyl (C=O) groups excluding carboxylic acids is 1. The standard InChI is InChI=1S/C14H21N3OS/c1-19-14(6-3-2-4-7-14)10-17-13(18)11-5-8-16-9-12(11)15/h5,8-9H,2-4,6-7,10,15H2,1H3,(H,17,18). The van der Waals surface area contributed by atoms with E-state index in [9.17, 15) is 4.79 Å². The minimum Gasteiger partial charge on any atom is -0.397 e. The summed E-state index contributed by atoms with van der Waals surface area (Å²) in [6, 6.07) is 1.66. The molecular formula is C14H21N3OS. The molecule has 0 aromatic carbocycles. The van der Waals surface area contributed by atoms with Gasteiger partial charge < -0.3 is 11.1 Å². The van der Waals surface area contributed by atoms with Crippen molar-refractivity contribution in [3.8, 4) is 0 Å². The average Bonchev–Trinajstić information content (AvgIpc) is 2.46. The number of nitrogens with one attached hydrogen (secondary N) is 1. The highest BCUT2D eigenvalue weighted by atomic mass is 32.2. The molecule has 1 amide bonds. The highest BCUT2D eigenvalue weighted by Crippen LogP contribution is 2.38. The van der Waals surface area contributed by atoms with Gasteiger partial charge in [-0.15, -0.1) is 0 Å². The van der Waals surface area contributed by atoms with Gasteiger partial charge in [0.2, 0.25) is 0 Å². The number of anilines is 1. The van der Waals surface area contributed by atoms with Crippen LogP contribution in [0.4, 0.5) is 5.69 Å². The summed E-state index contributed by atoms with van der Waals surface area (Å²) < 4.78 is 0.204. The topological polar surface area (TPSA) is 68.0 Å². The van der Waals surface area contributed by atoms with Gasteiger partial charge in [0.05, 0.1) is 17.4 Å². The van der Waals surface area contributed by atoms with Gasteiger partial charge in [0.1, 0.15) is 0 Å². The van der Waals surface area contributed by atoms with Gasteiger partial charge in [-0.1, -0.05) is 19.3 Å². The maximum atomic E-state index is 12.1. The van der Waals surface area contributed by atoms with E-state index < -0.39 is 0 Å². The van der Waals surface area contributed by atoms with Crippen LogP contribution in [-0.4, -0.2) is 28.4 Å². The number of amides is 1. The lowest BCUT2D eigenvalue weighted by atomic mass is 9.88. The predicted molar refractivity (Wildman–Crippen MR) is 80.3 cm³/mol. The van der Waals surface area contributed by atoms with Gasteiger partial charge in [-0.2, -0.15) is 11.8 Å². The Kier molecular flexibility index (Phi) is 4.69. The Labute approximate surface area is 118 Å². The zero-order chi connectivity index (χ0) is 13.7. The first-order valence-corrected chi connectivity index (χ1v) is 7.92. The van der Waals surface area contributed by atoms with Crippen molar-refractivity contribution in [2.45, 2.75) is 36.9 Å². The fourth-order valence-corrected chi connectivity index (χ4v) is 3.51. The van der Waals surface area contributed by atoms with Crippen molar-refractivity contribution in [2.75, 3.05) is 18.5 Å². The number of carbonyl (C=O) groups is 1. The van der Waals surface area contributed by atoms with E-state index in [4.69, 9.17) is 5.73 Å². The highest BCUT2D eigenvalue weighted by Gasteiger charge is 2.31. The SMILES string of the molecule is CSC1(CNC(=O)c2ccncc2N)CCCCC1. The molecule has 4 nitrogen and oxygen atoms in total. The molecule has 0 unspecified atom stereocenters. The van der Waals surface area contributed by atoms with E-state index in [-0.39, 0.29) is 10.7 Å². The molecule has 2 rings (SSSR count). The van der Waals surface area contributed by atoms with Crippen LogP contribution in [0.3, 0.4) is 0 Å². The molecule has 1 heterocycles. The minimum absolute atomic E-state index is 0.0982. The van der Waals surface area contributed by atoms with Crippen molar-refractivity contribution in [2.24, 2.45) is 0 Å². The second kappa shape index (κ2) is 6.28.